The van der Waals surface area contributed by atoms with Gasteiger partial charge in [0.2, 0.25) is 0 Å². The maximum atomic E-state index is 10.4. The molecule has 1 heterocycles. The molecule has 0 aromatic carbocycles. The molecule has 0 N–H and O–H groups in total. The van der Waals surface area contributed by atoms with E-state index in [2.05, 4.69) is 20.9 Å². The van der Waals surface area contributed by atoms with Crippen LogP contribution in [0.5, 0.6) is 0 Å². The number of carbonyl (C=O) groups is 1. The van der Waals surface area contributed by atoms with E-state index in [0.717, 1.165) is 16.5 Å². The molecule has 1 aromatic rings. The zero-order valence-electron chi connectivity index (χ0n) is 6.12. The van der Waals surface area contributed by atoms with Gasteiger partial charge in [-0.15, -0.1) is 0 Å². The fourth-order valence-corrected chi connectivity index (χ4v) is 1.41. The van der Waals surface area contributed by atoms with Crippen molar-refractivity contribution in [2.75, 3.05) is 0 Å². The Balaban J connectivity index is 3.02. The Kier molecular flexibility index (Phi) is 2.76. The second-order valence-electron chi connectivity index (χ2n) is 2.30. The fourth-order valence-electron chi connectivity index (χ4n) is 0.797. The predicted molar refractivity (Wildman–Crippen MR) is 46.4 cm³/mol. The molecule has 0 spiro atoms. The minimum absolute atomic E-state index is 0.134. The number of aldehydes is 1. The topological polar surface area (TPSA) is 30.0 Å². The predicted octanol–water partition coefficient (Wildman–Crippen LogP) is 2.15. The quantitative estimate of drug-likeness (QED) is 0.706. The molecule has 1 aromatic heterocycles. The number of aromatic nitrogens is 1. The molecule has 1 atom stereocenters. The molecular formula is C8H8BrNO. The molecule has 2 nitrogen and oxygen atoms in total. The number of rotatable bonds is 2. The molecule has 58 valence electrons. The van der Waals surface area contributed by atoms with E-state index in [9.17, 15) is 4.79 Å². The van der Waals surface area contributed by atoms with Gasteiger partial charge in [-0.3, -0.25) is 4.98 Å². The molecule has 0 radical (unpaired) electrons. The Morgan fingerprint density at radius 1 is 1.73 bits per heavy atom. The molecule has 0 aliphatic heterocycles. The summed E-state index contributed by atoms with van der Waals surface area (Å²) < 4.78 is 0.889. The first kappa shape index (κ1) is 8.40. The third kappa shape index (κ3) is 1.87. The summed E-state index contributed by atoms with van der Waals surface area (Å²) in [6, 6.07) is 3.70. The zero-order chi connectivity index (χ0) is 8.27. The van der Waals surface area contributed by atoms with Gasteiger partial charge in [-0.2, -0.15) is 0 Å². The minimum Gasteiger partial charge on any atom is -0.303 e. The summed E-state index contributed by atoms with van der Waals surface area (Å²) in [6.07, 6.45) is 2.56. The summed E-state index contributed by atoms with van der Waals surface area (Å²) in [5, 5.41) is 0. The molecule has 1 unspecified atom stereocenters. The van der Waals surface area contributed by atoms with E-state index in [1.165, 1.54) is 0 Å². The van der Waals surface area contributed by atoms with Gasteiger partial charge < -0.3 is 4.79 Å². The first-order valence-electron chi connectivity index (χ1n) is 3.31. The lowest BCUT2D eigenvalue weighted by Gasteiger charge is -2.03. The second-order valence-corrected chi connectivity index (χ2v) is 3.15. The molecular weight excluding hydrogens is 206 g/mol. The van der Waals surface area contributed by atoms with Crippen LogP contribution < -0.4 is 0 Å². The Hall–Kier alpha value is -0.700. The van der Waals surface area contributed by atoms with Crippen LogP contribution in [0.4, 0.5) is 0 Å². The average molecular weight is 214 g/mol. The van der Waals surface area contributed by atoms with Crippen molar-refractivity contribution in [3.8, 4) is 0 Å². The molecule has 0 bridgehead atoms. The summed E-state index contributed by atoms with van der Waals surface area (Å²) in [5.41, 5.74) is 0.794. The molecule has 0 saturated heterocycles. The van der Waals surface area contributed by atoms with Gasteiger partial charge >= 0.3 is 0 Å². The maximum Gasteiger partial charge on any atom is 0.128 e. The number of hydrogen-bond acceptors (Lipinski definition) is 2. The molecule has 3 heteroatoms. The van der Waals surface area contributed by atoms with E-state index >= 15 is 0 Å². The number of halogens is 1. The first-order valence-corrected chi connectivity index (χ1v) is 4.10. The van der Waals surface area contributed by atoms with Crippen molar-refractivity contribution in [3.63, 3.8) is 0 Å². The van der Waals surface area contributed by atoms with Crippen molar-refractivity contribution in [1.82, 2.24) is 4.98 Å². The molecule has 0 amide bonds. The number of pyridine rings is 1. The van der Waals surface area contributed by atoms with Crippen LogP contribution in [0, 0.1) is 0 Å². The van der Waals surface area contributed by atoms with Gasteiger partial charge in [0.15, 0.2) is 0 Å². The monoisotopic (exact) mass is 213 g/mol. The summed E-state index contributed by atoms with van der Waals surface area (Å²) >= 11 is 3.32. The average Bonchev–Trinajstić information content (AvgIpc) is 2.04. The molecule has 1 rings (SSSR count). The first-order chi connectivity index (χ1) is 5.25. The highest BCUT2D eigenvalue weighted by Crippen LogP contribution is 2.19. The third-order valence-electron chi connectivity index (χ3n) is 1.42. The van der Waals surface area contributed by atoms with Gasteiger partial charge in [0.1, 0.15) is 6.29 Å². The van der Waals surface area contributed by atoms with Crippen molar-refractivity contribution in [2.24, 2.45) is 0 Å². The van der Waals surface area contributed by atoms with Gasteiger partial charge in [-0.1, -0.05) is 6.92 Å². The van der Waals surface area contributed by atoms with E-state index in [1.54, 1.807) is 6.20 Å². The molecule has 0 aliphatic carbocycles. The van der Waals surface area contributed by atoms with Crippen LogP contribution in [0.15, 0.2) is 22.8 Å². The highest BCUT2D eigenvalue weighted by atomic mass is 79.9. The number of nitrogens with zero attached hydrogens (tertiary/aromatic N) is 1. The van der Waals surface area contributed by atoms with Gasteiger partial charge in [0, 0.05) is 10.7 Å². The van der Waals surface area contributed by atoms with Crippen LogP contribution >= 0.6 is 15.9 Å². The van der Waals surface area contributed by atoms with Crippen LogP contribution in [0.3, 0.4) is 0 Å². The fraction of sp³-hybridized carbons (Fsp3) is 0.250. The van der Waals surface area contributed by atoms with Crippen molar-refractivity contribution in [1.29, 1.82) is 0 Å². The minimum atomic E-state index is -0.134. The maximum absolute atomic E-state index is 10.4. The lowest BCUT2D eigenvalue weighted by Crippen LogP contribution is -1.98. The van der Waals surface area contributed by atoms with Crippen molar-refractivity contribution < 1.29 is 4.79 Å². The van der Waals surface area contributed by atoms with E-state index in [1.807, 2.05) is 19.1 Å². The highest BCUT2D eigenvalue weighted by molar-refractivity contribution is 9.10. The van der Waals surface area contributed by atoms with Crippen LogP contribution in [0.2, 0.25) is 0 Å². The lowest BCUT2D eigenvalue weighted by molar-refractivity contribution is -0.108. The van der Waals surface area contributed by atoms with E-state index < -0.39 is 0 Å². The van der Waals surface area contributed by atoms with E-state index in [-0.39, 0.29) is 5.92 Å². The summed E-state index contributed by atoms with van der Waals surface area (Å²) in [4.78, 5) is 14.5. The van der Waals surface area contributed by atoms with Gasteiger partial charge in [-0.05, 0) is 28.1 Å². The summed E-state index contributed by atoms with van der Waals surface area (Å²) in [6.45, 7) is 1.82. The second kappa shape index (κ2) is 3.62. The molecule has 0 aliphatic rings. The third-order valence-corrected chi connectivity index (χ3v) is 2.09. The van der Waals surface area contributed by atoms with Crippen LogP contribution in [0.1, 0.15) is 18.5 Å². The number of hydrogen-bond donors (Lipinski definition) is 0. The Labute approximate surface area is 73.8 Å². The molecule has 0 fully saturated rings. The van der Waals surface area contributed by atoms with Crippen molar-refractivity contribution in [2.45, 2.75) is 12.8 Å². The molecule has 0 saturated carbocycles. The van der Waals surface area contributed by atoms with Gasteiger partial charge in [0.05, 0.1) is 11.6 Å². The normalized spacial score (nSPS) is 12.5. The Morgan fingerprint density at radius 2 is 2.45 bits per heavy atom. The van der Waals surface area contributed by atoms with Crippen LogP contribution in [-0.4, -0.2) is 11.3 Å². The SMILES string of the molecule is CC(C=O)c1ncccc1Br. The van der Waals surface area contributed by atoms with Crippen LogP contribution in [0.25, 0.3) is 0 Å². The van der Waals surface area contributed by atoms with Crippen molar-refractivity contribution in [3.05, 3.63) is 28.5 Å². The Morgan fingerprint density at radius 3 is 3.00 bits per heavy atom. The van der Waals surface area contributed by atoms with Crippen molar-refractivity contribution >= 4 is 22.2 Å². The standard InChI is InChI=1S/C8H8BrNO/c1-6(5-11)8-7(9)3-2-4-10-8/h2-6H,1H3. The van der Waals surface area contributed by atoms with Gasteiger partial charge in [-0.25, -0.2) is 0 Å². The number of carbonyl (C=O) groups excluding carboxylic acids is 1. The van der Waals surface area contributed by atoms with Gasteiger partial charge in [0.25, 0.3) is 0 Å². The zero-order valence-corrected chi connectivity index (χ0v) is 7.71. The molecule has 11 heavy (non-hydrogen) atoms. The summed E-state index contributed by atoms with van der Waals surface area (Å²) in [7, 11) is 0. The smallest absolute Gasteiger partial charge is 0.128 e. The van der Waals surface area contributed by atoms with E-state index in [4.69, 9.17) is 0 Å². The van der Waals surface area contributed by atoms with E-state index in [0.29, 0.717) is 0 Å². The highest BCUT2D eigenvalue weighted by Gasteiger charge is 2.07. The Bertz CT molecular complexity index is 262. The summed E-state index contributed by atoms with van der Waals surface area (Å²) in [5.74, 6) is -0.134. The lowest BCUT2D eigenvalue weighted by atomic mass is 10.1. The largest absolute Gasteiger partial charge is 0.303 e. The van der Waals surface area contributed by atoms with Crippen LogP contribution in [-0.2, 0) is 4.79 Å².